The van der Waals surface area contributed by atoms with E-state index < -0.39 is 0 Å². The summed E-state index contributed by atoms with van der Waals surface area (Å²) in [7, 11) is 1.76. The van der Waals surface area contributed by atoms with E-state index in [9.17, 15) is 4.79 Å². The predicted molar refractivity (Wildman–Crippen MR) is 72.3 cm³/mol. The van der Waals surface area contributed by atoms with Gasteiger partial charge in [0.05, 0.1) is 11.9 Å². The first-order valence-electron chi connectivity index (χ1n) is 6.20. The number of hydrogen-bond acceptors (Lipinski definition) is 4. The van der Waals surface area contributed by atoms with Gasteiger partial charge in [0.15, 0.2) is 5.69 Å². The lowest BCUT2D eigenvalue weighted by atomic mass is 10.2. The molecule has 0 aliphatic carbocycles. The third kappa shape index (κ3) is 3.42. The van der Waals surface area contributed by atoms with E-state index in [0.29, 0.717) is 29.7 Å². The Morgan fingerprint density at radius 1 is 1.39 bits per heavy atom. The van der Waals surface area contributed by atoms with E-state index in [1.54, 1.807) is 11.9 Å². The second-order valence-corrected chi connectivity index (χ2v) is 5.27. The van der Waals surface area contributed by atoms with E-state index in [1.807, 2.05) is 13.8 Å². The first-order chi connectivity index (χ1) is 8.32. The molecule has 0 saturated heterocycles. The number of aromatic nitrogens is 2. The summed E-state index contributed by atoms with van der Waals surface area (Å²) in [6, 6.07) is 0. The number of nitrogen functional groups attached to an aromatic ring is 1. The van der Waals surface area contributed by atoms with Gasteiger partial charge in [-0.2, -0.15) is 0 Å². The number of anilines is 1. The summed E-state index contributed by atoms with van der Waals surface area (Å²) in [5.41, 5.74) is 6.42. The van der Waals surface area contributed by atoms with Crippen molar-refractivity contribution >= 4 is 11.6 Å². The van der Waals surface area contributed by atoms with Crippen molar-refractivity contribution in [3.63, 3.8) is 0 Å². The molecule has 0 fully saturated rings. The Kier molecular flexibility index (Phi) is 4.64. The van der Waals surface area contributed by atoms with Gasteiger partial charge >= 0.3 is 0 Å². The number of nitrogens with two attached hydrogens (primary N) is 1. The van der Waals surface area contributed by atoms with Crippen molar-refractivity contribution in [3.05, 3.63) is 17.7 Å². The van der Waals surface area contributed by atoms with Crippen LogP contribution in [0.4, 0.5) is 5.69 Å². The van der Waals surface area contributed by atoms with Crippen LogP contribution < -0.4 is 5.73 Å². The van der Waals surface area contributed by atoms with Crippen molar-refractivity contribution in [2.24, 2.45) is 5.92 Å². The predicted octanol–water partition coefficient (Wildman–Crippen LogP) is 1.91. The average molecular weight is 250 g/mol. The zero-order valence-corrected chi connectivity index (χ0v) is 11.8. The maximum Gasteiger partial charge on any atom is 0.274 e. The largest absolute Gasteiger partial charge is 0.396 e. The topological polar surface area (TPSA) is 72.1 Å². The molecule has 0 aliphatic heterocycles. The van der Waals surface area contributed by atoms with Crippen LogP contribution in [0.15, 0.2) is 6.20 Å². The highest BCUT2D eigenvalue weighted by molar-refractivity contribution is 5.96. The zero-order valence-electron chi connectivity index (χ0n) is 11.8. The number of hydrogen-bond donors (Lipinski definition) is 1. The van der Waals surface area contributed by atoms with Gasteiger partial charge < -0.3 is 10.6 Å². The van der Waals surface area contributed by atoms with E-state index in [-0.39, 0.29) is 11.8 Å². The summed E-state index contributed by atoms with van der Waals surface area (Å²) in [6.45, 7) is 8.77. The minimum Gasteiger partial charge on any atom is -0.396 e. The summed E-state index contributed by atoms with van der Waals surface area (Å²) in [6.07, 6.45) is 1.51. The molecule has 0 radical (unpaired) electrons. The maximum absolute atomic E-state index is 12.2. The van der Waals surface area contributed by atoms with Crippen molar-refractivity contribution in [2.75, 3.05) is 19.3 Å². The summed E-state index contributed by atoms with van der Waals surface area (Å²) >= 11 is 0. The third-order valence-corrected chi connectivity index (χ3v) is 2.54. The van der Waals surface area contributed by atoms with Crippen molar-refractivity contribution < 1.29 is 4.79 Å². The first-order valence-corrected chi connectivity index (χ1v) is 6.20. The molecule has 0 aromatic carbocycles. The van der Waals surface area contributed by atoms with Crippen molar-refractivity contribution in [1.29, 1.82) is 0 Å². The number of nitrogens with zero attached hydrogens (tertiary/aromatic N) is 3. The second-order valence-electron chi connectivity index (χ2n) is 5.27. The molecule has 100 valence electrons. The van der Waals surface area contributed by atoms with Crippen LogP contribution in [0.2, 0.25) is 0 Å². The number of carbonyl (C=O) groups is 1. The third-order valence-electron chi connectivity index (χ3n) is 2.54. The first kappa shape index (κ1) is 14.4. The molecule has 0 atom stereocenters. The molecule has 1 amide bonds. The van der Waals surface area contributed by atoms with Gasteiger partial charge in [-0.15, -0.1) is 0 Å². The Balaban J connectivity index is 3.00. The molecular formula is C13H22N4O. The van der Waals surface area contributed by atoms with Crippen LogP contribution in [0.5, 0.6) is 0 Å². The van der Waals surface area contributed by atoms with E-state index >= 15 is 0 Å². The Morgan fingerprint density at radius 3 is 2.50 bits per heavy atom. The minimum atomic E-state index is -0.148. The van der Waals surface area contributed by atoms with Crippen LogP contribution >= 0.6 is 0 Å². The Bertz CT molecular complexity index is 429. The minimum absolute atomic E-state index is 0.148. The maximum atomic E-state index is 12.2. The SMILES string of the molecule is CC(C)CN(C)C(=O)c1nc(C(C)C)ncc1N. The standard InChI is InChI=1S/C13H22N4O/c1-8(2)7-17(5)13(18)11-10(14)6-15-12(16-11)9(3)4/h6,8-9H,7,14H2,1-5H3. The summed E-state index contributed by atoms with van der Waals surface area (Å²) in [5, 5.41) is 0. The van der Waals surface area contributed by atoms with Gasteiger partial charge in [-0.05, 0) is 5.92 Å². The van der Waals surface area contributed by atoms with E-state index in [4.69, 9.17) is 5.73 Å². The number of rotatable bonds is 4. The Hall–Kier alpha value is -1.65. The van der Waals surface area contributed by atoms with Crippen molar-refractivity contribution in [3.8, 4) is 0 Å². The van der Waals surface area contributed by atoms with Crippen molar-refractivity contribution in [2.45, 2.75) is 33.6 Å². The van der Waals surface area contributed by atoms with E-state index in [2.05, 4.69) is 23.8 Å². The summed E-state index contributed by atoms with van der Waals surface area (Å²) in [5.74, 6) is 1.08. The molecule has 1 rings (SSSR count). The highest BCUT2D eigenvalue weighted by Crippen LogP contribution is 2.15. The fraction of sp³-hybridized carbons (Fsp3) is 0.615. The number of amides is 1. The Morgan fingerprint density at radius 2 is 2.00 bits per heavy atom. The highest BCUT2D eigenvalue weighted by atomic mass is 16.2. The lowest BCUT2D eigenvalue weighted by Crippen LogP contribution is -2.32. The Labute approximate surface area is 108 Å². The van der Waals surface area contributed by atoms with Gasteiger partial charge in [-0.3, -0.25) is 4.79 Å². The van der Waals surface area contributed by atoms with Crippen LogP contribution in [-0.2, 0) is 0 Å². The van der Waals surface area contributed by atoms with Gasteiger partial charge in [0.25, 0.3) is 5.91 Å². The van der Waals surface area contributed by atoms with Crippen LogP contribution in [-0.4, -0.2) is 34.4 Å². The molecule has 0 unspecified atom stereocenters. The smallest absolute Gasteiger partial charge is 0.274 e. The lowest BCUT2D eigenvalue weighted by Gasteiger charge is -2.20. The molecule has 0 aliphatic rings. The normalized spacial score (nSPS) is 11.1. The number of carbonyl (C=O) groups excluding carboxylic acids is 1. The molecule has 0 spiro atoms. The zero-order chi connectivity index (χ0) is 13.9. The van der Waals surface area contributed by atoms with Crippen molar-refractivity contribution in [1.82, 2.24) is 14.9 Å². The molecule has 0 saturated carbocycles. The monoisotopic (exact) mass is 250 g/mol. The van der Waals surface area contributed by atoms with Gasteiger partial charge in [0, 0.05) is 19.5 Å². The van der Waals surface area contributed by atoms with Crippen LogP contribution in [0.25, 0.3) is 0 Å². The molecular weight excluding hydrogens is 228 g/mol. The van der Waals surface area contributed by atoms with Crippen LogP contribution in [0.3, 0.4) is 0 Å². The van der Waals surface area contributed by atoms with Crippen LogP contribution in [0, 0.1) is 5.92 Å². The van der Waals surface area contributed by atoms with Crippen LogP contribution in [0.1, 0.15) is 49.9 Å². The molecule has 5 nitrogen and oxygen atoms in total. The molecule has 2 N–H and O–H groups in total. The van der Waals surface area contributed by atoms with Gasteiger partial charge in [-0.25, -0.2) is 9.97 Å². The quantitative estimate of drug-likeness (QED) is 0.886. The van der Waals surface area contributed by atoms with Gasteiger partial charge in [-0.1, -0.05) is 27.7 Å². The molecule has 1 aromatic heterocycles. The summed E-state index contributed by atoms with van der Waals surface area (Å²) < 4.78 is 0. The van der Waals surface area contributed by atoms with E-state index in [1.165, 1.54) is 6.20 Å². The average Bonchev–Trinajstić information content (AvgIpc) is 2.27. The highest BCUT2D eigenvalue weighted by Gasteiger charge is 2.19. The fourth-order valence-electron chi connectivity index (χ4n) is 1.67. The molecule has 18 heavy (non-hydrogen) atoms. The van der Waals surface area contributed by atoms with Gasteiger partial charge in [0.1, 0.15) is 5.82 Å². The molecule has 1 aromatic rings. The fourth-order valence-corrected chi connectivity index (χ4v) is 1.67. The molecule has 0 bridgehead atoms. The summed E-state index contributed by atoms with van der Waals surface area (Å²) in [4.78, 5) is 22.3. The lowest BCUT2D eigenvalue weighted by molar-refractivity contribution is 0.0774. The second kappa shape index (κ2) is 5.80. The van der Waals surface area contributed by atoms with E-state index in [0.717, 1.165) is 0 Å². The molecule has 5 heteroatoms. The molecule has 1 heterocycles. The van der Waals surface area contributed by atoms with Gasteiger partial charge in [0.2, 0.25) is 0 Å².